The van der Waals surface area contributed by atoms with E-state index in [1.54, 1.807) is 10.7 Å². The molecule has 1 aliphatic heterocycles. The van der Waals surface area contributed by atoms with E-state index < -0.39 is 0 Å². The van der Waals surface area contributed by atoms with Crippen molar-refractivity contribution in [3.63, 3.8) is 0 Å². The zero-order valence-electron chi connectivity index (χ0n) is 12.7. The van der Waals surface area contributed by atoms with Gasteiger partial charge in [-0.1, -0.05) is 18.5 Å². The molecule has 0 amide bonds. The van der Waals surface area contributed by atoms with Crippen molar-refractivity contribution >= 4 is 17.6 Å². The van der Waals surface area contributed by atoms with Gasteiger partial charge in [-0.05, 0) is 47.0 Å². The molecule has 1 unspecified atom stereocenters. The molecule has 1 atom stereocenters. The molecule has 2 aromatic rings. The molecule has 3 rings (SSSR count). The number of rotatable bonds is 5. The van der Waals surface area contributed by atoms with Crippen molar-refractivity contribution < 1.29 is 14.3 Å². The Bertz CT molecular complexity index is 704. The third-order valence-electron chi connectivity index (χ3n) is 3.65. The summed E-state index contributed by atoms with van der Waals surface area (Å²) in [6, 6.07) is 5.41. The van der Waals surface area contributed by atoms with Gasteiger partial charge in [0.25, 0.3) is 0 Å². The van der Waals surface area contributed by atoms with Crippen LogP contribution < -0.4 is 4.74 Å². The van der Waals surface area contributed by atoms with Gasteiger partial charge in [0.1, 0.15) is 12.4 Å². The van der Waals surface area contributed by atoms with E-state index in [9.17, 15) is 4.79 Å². The number of fused-ring (bicyclic) bond motifs is 1. The summed E-state index contributed by atoms with van der Waals surface area (Å²) in [6.45, 7) is 3.08. The Hall–Kier alpha value is -2.15. The monoisotopic (exact) mass is 336 g/mol. The van der Waals surface area contributed by atoms with Crippen LogP contribution in [0.1, 0.15) is 24.7 Å². The Morgan fingerprint density at radius 2 is 2.39 bits per heavy atom. The van der Waals surface area contributed by atoms with Gasteiger partial charge in [-0.3, -0.25) is 4.79 Å². The first kappa shape index (κ1) is 15.7. The number of benzene rings is 1. The average Bonchev–Trinajstić information content (AvgIpc) is 2.99. The van der Waals surface area contributed by atoms with Gasteiger partial charge in [0.15, 0.2) is 12.4 Å². The third kappa shape index (κ3) is 3.61. The molecular weight excluding hydrogens is 320 g/mol. The van der Waals surface area contributed by atoms with E-state index in [4.69, 9.17) is 21.1 Å². The molecule has 1 aromatic heterocycles. The zero-order valence-corrected chi connectivity index (χ0v) is 13.5. The first-order chi connectivity index (χ1) is 11.2. The standard InChI is InChI=1S/C15H17ClN4O3/c1-2-5-20-14(17-18-19-20)9-23-15(21)11-6-10-7-12(16)3-4-13(10)22-8-11/h3-4,7,11H,2,5-6,8-9H2,1H3. The number of nitrogens with zero attached hydrogens (tertiary/aromatic N) is 4. The van der Waals surface area contributed by atoms with Crippen molar-refractivity contribution in [2.75, 3.05) is 6.61 Å². The van der Waals surface area contributed by atoms with Crippen molar-refractivity contribution in [2.24, 2.45) is 5.92 Å². The van der Waals surface area contributed by atoms with Crippen LogP contribution in [0.4, 0.5) is 0 Å². The molecule has 0 N–H and O–H groups in total. The fourth-order valence-electron chi connectivity index (χ4n) is 2.48. The Morgan fingerprint density at radius 1 is 1.52 bits per heavy atom. The average molecular weight is 337 g/mol. The maximum atomic E-state index is 12.2. The van der Waals surface area contributed by atoms with Crippen molar-refractivity contribution in [3.05, 3.63) is 34.6 Å². The second-order valence-electron chi connectivity index (χ2n) is 5.39. The van der Waals surface area contributed by atoms with Crippen LogP contribution in [0.3, 0.4) is 0 Å². The molecule has 0 radical (unpaired) electrons. The smallest absolute Gasteiger partial charge is 0.313 e. The summed E-state index contributed by atoms with van der Waals surface area (Å²) in [6.07, 6.45) is 1.45. The lowest BCUT2D eigenvalue weighted by Crippen LogP contribution is -2.30. The Morgan fingerprint density at radius 3 is 3.22 bits per heavy atom. The number of halogens is 1. The summed E-state index contributed by atoms with van der Waals surface area (Å²) in [5.41, 5.74) is 0.918. The number of hydrogen-bond donors (Lipinski definition) is 0. The minimum absolute atomic E-state index is 0.0603. The van der Waals surface area contributed by atoms with Gasteiger partial charge in [-0.2, -0.15) is 0 Å². The number of ether oxygens (including phenoxy) is 2. The van der Waals surface area contributed by atoms with E-state index in [0.29, 0.717) is 30.4 Å². The Balaban J connectivity index is 1.60. The van der Waals surface area contributed by atoms with E-state index in [2.05, 4.69) is 15.5 Å². The summed E-state index contributed by atoms with van der Waals surface area (Å²) >= 11 is 5.98. The molecule has 0 saturated carbocycles. The lowest BCUT2D eigenvalue weighted by molar-refractivity contribution is -0.151. The molecule has 23 heavy (non-hydrogen) atoms. The van der Waals surface area contributed by atoms with Gasteiger partial charge in [-0.15, -0.1) is 5.10 Å². The largest absolute Gasteiger partial charge is 0.492 e. The van der Waals surface area contributed by atoms with E-state index in [0.717, 1.165) is 17.7 Å². The predicted molar refractivity (Wildman–Crippen MR) is 82.0 cm³/mol. The SMILES string of the molecule is CCCn1nnnc1COC(=O)C1COc2ccc(Cl)cc2C1. The minimum atomic E-state index is -0.350. The molecule has 122 valence electrons. The number of hydrogen-bond acceptors (Lipinski definition) is 6. The van der Waals surface area contributed by atoms with E-state index in [1.807, 2.05) is 19.1 Å². The number of aromatic nitrogens is 4. The molecule has 0 fully saturated rings. The molecule has 1 aliphatic rings. The van der Waals surface area contributed by atoms with Gasteiger partial charge in [-0.25, -0.2) is 4.68 Å². The third-order valence-corrected chi connectivity index (χ3v) is 3.88. The van der Waals surface area contributed by atoms with Crippen LogP contribution in [0.5, 0.6) is 5.75 Å². The Labute approximate surface area is 138 Å². The van der Waals surface area contributed by atoms with Crippen LogP contribution in [0.25, 0.3) is 0 Å². The lowest BCUT2D eigenvalue weighted by Gasteiger charge is -2.24. The Kier molecular flexibility index (Phi) is 4.76. The highest BCUT2D eigenvalue weighted by Crippen LogP contribution is 2.30. The van der Waals surface area contributed by atoms with Crippen molar-refractivity contribution in [1.29, 1.82) is 0 Å². The molecule has 0 bridgehead atoms. The molecule has 7 nitrogen and oxygen atoms in total. The predicted octanol–water partition coefficient (Wildman–Crippen LogP) is 2.03. The first-order valence-electron chi connectivity index (χ1n) is 7.50. The fourth-order valence-corrected chi connectivity index (χ4v) is 2.67. The molecule has 0 saturated heterocycles. The molecule has 8 heteroatoms. The second kappa shape index (κ2) is 6.95. The molecule has 0 spiro atoms. The van der Waals surface area contributed by atoms with E-state index in [-0.39, 0.29) is 18.5 Å². The number of aryl methyl sites for hydroxylation is 1. The minimum Gasteiger partial charge on any atom is -0.492 e. The van der Waals surface area contributed by atoms with Crippen LogP contribution in [0.2, 0.25) is 5.02 Å². The molecular formula is C15H17ClN4O3. The van der Waals surface area contributed by atoms with Crippen LogP contribution >= 0.6 is 11.6 Å². The highest BCUT2D eigenvalue weighted by atomic mass is 35.5. The normalized spacial score (nSPS) is 16.5. The first-order valence-corrected chi connectivity index (χ1v) is 7.88. The fraction of sp³-hybridized carbons (Fsp3) is 0.467. The topological polar surface area (TPSA) is 79.1 Å². The van der Waals surface area contributed by atoms with Crippen molar-refractivity contribution in [3.8, 4) is 5.75 Å². The number of carbonyl (C=O) groups excluding carboxylic acids is 1. The molecule has 0 aliphatic carbocycles. The number of carbonyl (C=O) groups is 1. The summed E-state index contributed by atoms with van der Waals surface area (Å²) in [7, 11) is 0. The van der Waals surface area contributed by atoms with Gasteiger partial charge < -0.3 is 9.47 Å². The highest BCUT2D eigenvalue weighted by molar-refractivity contribution is 6.30. The molecule has 2 heterocycles. The highest BCUT2D eigenvalue weighted by Gasteiger charge is 2.27. The second-order valence-corrected chi connectivity index (χ2v) is 5.83. The van der Waals surface area contributed by atoms with Gasteiger partial charge in [0.2, 0.25) is 0 Å². The van der Waals surface area contributed by atoms with Gasteiger partial charge in [0.05, 0.1) is 5.92 Å². The zero-order chi connectivity index (χ0) is 16.2. The summed E-state index contributed by atoms with van der Waals surface area (Å²) in [4.78, 5) is 12.2. The van der Waals surface area contributed by atoms with Crippen LogP contribution in [0.15, 0.2) is 18.2 Å². The summed E-state index contributed by atoms with van der Waals surface area (Å²) in [5.74, 6) is 0.642. The van der Waals surface area contributed by atoms with Crippen LogP contribution in [-0.4, -0.2) is 32.8 Å². The van der Waals surface area contributed by atoms with Crippen molar-refractivity contribution in [1.82, 2.24) is 20.2 Å². The number of esters is 1. The maximum Gasteiger partial charge on any atom is 0.313 e. The van der Waals surface area contributed by atoms with Crippen molar-refractivity contribution in [2.45, 2.75) is 32.9 Å². The van der Waals surface area contributed by atoms with Gasteiger partial charge in [0, 0.05) is 11.6 Å². The summed E-state index contributed by atoms with van der Waals surface area (Å²) < 4.78 is 12.6. The quantitative estimate of drug-likeness (QED) is 0.777. The maximum absolute atomic E-state index is 12.2. The lowest BCUT2D eigenvalue weighted by atomic mass is 9.97. The number of tetrazole rings is 1. The van der Waals surface area contributed by atoms with Gasteiger partial charge >= 0.3 is 5.97 Å². The van der Waals surface area contributed by atoms with E-state index >= 15 is 0 Å². The molecule has 1 aromatic carbocycles. The van der Waals surface area contributed by atoms with E-state index in [1.165, 1.54) is 0 Å². The van der Waals surface area contributed by atoms with Crippen LogP contribution in [-0.2, 0) is 29.1 Å². The summed E-state index contributed by atoms with van der Waals surface area (Å²) in [5, 5.41) is 12.0. The van der Waals surface area contributed by atoms with Crippen LogP contribution in [0, 0.1) is 5.92 Å².